The lowest BCUT2D eigenvalue weighted by atomic mass is 9.71. The Labute approximate surface area is 164 Å². The number of likely N-dealkylation sites (tertiary alicyclic amines) is 1. The molecule has 0 saturated carbocycles. The molecule has 1 N–H and O–H groups in total. The van der Waals surface area contributed by atoms with E-state index in [0.29, 0.717) is 25.3 Å². The first kappa shape index (κ1) is 18.9. The first-order chi connectivity index (χ1) is 13.6. The molecule has 2 aromatic rings. The molecule has 2 aromatic heterocycles. The topological polar surface area (TPSA) is 95.6 Å². The summed E-state index contributed by atoms with van der Waals surface area (Å²) < 4.78 is 5.25. The van der Waals surface area contributed by atoms with Crippen molar-refractivity contribution < 1.29 is 14.4 Å². The molecule has 4 rings (SSSR count). The first-order valence-electron chi connectivity index (χ1n) is 10.0. The summed E-state index contributed by atoms with van der Waals surface area (Å²) in [5.41, 5.74) is 0.382. The Balaban J connectivity index is 1.41. The second kappa shape index (κ2) is 7.87. The maximum Gasteiger partial charge on any atom is 0.276 e. The van der Waals surface area contributed by atoms with E-state index in [-0.39, 0.29) is 11.3 Å². The predicted octanol–water partition coefficient (Wildman–Crippen LogP) is 1.91. The van der Waals surface area contributed by atoms with Crippen molar-refractivity contribution in [2.24, 2.45) is 5.41 Å². The van der Waals surface area contributed by atoms with Crippen LogP contribution < -0.4 is 4.90 Å². The molecule has 0 radical (unpaired) electrons. The number of aromatic nitrogens is 3. The zero-order valence-electron chi connectivity index (χ0n) is 16.3. The number of aryl methyl sites for hydroxylation is 1. The van der Waals surface area contributed by atoms with Gasteiger partial charge in [0.2, 0.25) is 0 Å². The second-order valence-corrected chi connectivity index (χ2v) is 8.02. The normalized spacial score (nSPS) is 21.9. The van der Waals surface area contributed by atoms with E-state index >= 15 is 0 Å². The molecule has 2 aliphatic rings. The van der Waals surface area contributed by atoms with E-state index in [9.17, 15) is 9.90 Å². The molecule has 1 amide bonds. The van der Waals surface area contributed by atoms with Gasteiger partial charge in [-0.2, -0.15) is 0 Å². The summed E-state index contributed by atoms with van der Waals surface area (Å²) in [6, 6.07) is 1.76. The maximum atomic E-state index is 12.8. The number of aliphatic hydroxyl groups is 1. The molecule has 150 valence electrons. The van der Waals surface area contributed by atoms with Crippen LogP contribution in [0.4, 0.5) is 5.82 Å². The number of anilines is 1. The second-order valence-electron chi connectivity index (χ2n) is 8.02. The number of aliphatic hydroxyl groups excluding tert-OH is 1. The number of rotatable bonds is 4. The van der Waals surface area contributed by atoms with Gasteiger partial charge in [-0.25, -0.2) is 4.98 Å². The Bertz CT molecular complexity index is 801. The van der Waals surface area contributed by atoms with E-state index in [1.807, 2.05) is 4.90 Å². The molecule has 2 aliphatic heterocycles. The Morgan fingerprint density at radius 2 is 2.18 bits per heavy atom. The molecule has 0 aliphatic carbocycles. The van der Waals surface area contributed by atoms with Crippen molar-refractivity contribution in [2.75, 3.05) is 31.1 Å². The molecule has 8 nitrogen and oxygen atoms in total. The summed E-state index contributed by atoms with van der Waals surface area (Å²) in [6.07, 6.45) is 8.89. The lowest BCUT2D eigenvalue weighted by molar-refractivity contribution is 0.0242. The van der Waals surface area contributed by atoms with Gasteiger partial charge in [0, 0.05) is 51.1 Å². The molecular formula is C20H27N5O3. The van der Waals surface area contributed by atoms with Crippen LogP contribution in [0.25, 0.3) is 0 Å². The van der Waals surface area contributed by atoms with Gasteiger partial charge >= 0.3 is 0 Å². The Hall–Kier alpha value is -2.48. The Kier molecular flexibility index (Phi) is 5.30. The van der Waals surface area contributed by atoms with Crippen molar-refractivity contribution in [1.29, 1.82) is 0 Å². The van der Waals surface area contributed by atoms with Crippen LogP contribution >= 0.6 is 0 Å². The molecule has 1 unspecified atom stereocenters. The fourth-order valence-corrected chi connectivity index (χ4v) is 4.47. The van der Waals surface area contributed by atoms with Gasteiger partial charge in [-0.05, 0) is 31.1 Å². The van der Waals surface area contributed by atoms with Crippen LogP contribution in [0, 0.1) is 5.41 Å². The number of β-amino-alcohol motifs (C(OH)–C–C–N with tert-alkyl or cyclic N) is 1. The van der Waals surface area contributed by atoms with Crippen LogP contribution in [0.3, 0.4) is 0 Å². The number of nitrogens with zero attached hydrogens (tertiary/aromatic N) is 5. The van der Waals surface area contributed by atoms with Crippen molar-refractivity contribution in [3.05, 3.63) is 36.1 Å². The minimum Gasteiger partial charge on any atom is -0.391 e. The van der Waals surface area contributed by atoms with Gasteiger partial charge < -0.3 is 19.4 Å². The minimum atomic E-state index is -0.398. The van der Waals surface area contributed by atoms with Gasteiger partial charge in [-0.1, -0.05) is 12.1 Å². The molecule has 4 heterocycles. The van der Waals surface area contributed by atoms with Gasteiger partial charge in [0.15, 0.2) is 5.69 Å². The smallest absolute Gasteiger partial charge is 0.276 e. The number of piperidine rings is 2. The summed E-state index contributed by atoms with van der Waals surface area (Å²) in [5.74, 6) is 1.49. The van der Waals surface area contributed by atoms with Crippen LogP contribution in [-0.2, 0) is 6.42 Å². The van der Waals surface area contributed by atoms with Crippen molar-refractivity contribution in [3.63, 3.8) is 0 Å². The zero-order valence-corrected chi connectivity index (χ0v) is 16.3. The van der Waals surface area contributed by atoms with Crippen LogP contribution in [0.5, 0.6) is 0 Å². The molecule has 28 heavy (non-hydrogen) atoms. The third-order valence-corrected chi connectivity index (χ3v) is 5.89. The van der Waals surface area contributed by atoms with Crippen LogP contribution in [0.2, 0.25) is 0 Å². The monoisotopic (exact) mass is 385 g/mol. The van der Waals surface area contributed by atoms with Gasteiger partial charge in [0.05, 0.1) is 12.3 Å². The van der Waals surface area contributed by atoms with Gasteiger partial charge in [-0.3, -0.25) is 9.78 Å². The average molecular weight is 385 g/mol. The van der Waals surface area contributed by atoms with Gasteiger partial charge in [0.25, 0.3) is 5.91 Å². The molecule has 8 heteroatoms. The lowest BCUT2D eigenvalue weighted by Crippen LogP contribution is -2.54. The lowest BCUT2D eigenvalue weighted by Gasteiger charge is -2.49. The van der Waals surface area contributed by atoms with E-state index in [4.69, 9.17) is 4.52 Å². The molecule has 1 atom stereocenters. The maximum absolute atomic E-state index is 12.8. The zero-order chi connectivity index (χ0) is 19.6. The van der Waals surface area contributed by atoms with Crippen molar-refractivity contribution in [3.8, 4) is 0 Å². The summed E-state index contributed by atoms with van der Waals surface area (Å²) in [6.45, 7) is 4.79. The largest absolute Gasteiger partial charge is 0.391 e. The van der Waals surface area contributed by atoms with Crippen LogP contribution in [0.15, 0.2) is 29.2 Å². The van der Waals surface area contributed by atoms with Crippen molar-refractivity contribution in [1.82, 2.24) is 20.0 Å². The molecule has 0 bridgehead atoms. The number of hydrogen-bond acceptors (Lipinski definition) is 7. The van der Waals surface area contributed by atoms with Crippen LogP contribution in [-0.4, -0.2) is 63.3 Å². The molecule has 2 fully saturated rings. The van der Waals surface area contributed by atoms with E-state index < -0.39 is 6.10 Å². The molecule has 1 spiro atoms. The van der Waals surface area contributed by atoms with Crippen molar-refractivity contribution in [2.45, 2.75) is 45.1 Å². The van der Waals surface area contributed by atoms with E-state index in [1.165, 1.54) is 0 Å². The number of carbonyl (C=O) groups is 1. The highest BCUT2D eigenvalue weighted by molar-refractivity contribution is 5.92. The molecular weight excluding hydrogens is 358 g/mol. The Morgan fingerprint density at radius 1 is 1.36 bits per heavy atom. The van der Waals surface area contributed by atoms with E-state index in [1.54, 1.807) is 24.7 Å². The fraction of sp³-hybridized carbons (Fsp3) is 0.600. The SMILES string of the molecule is CCCc1cc(C(=O)N2CCC3(CC2)CC(O)CN(c2cnccn2)C3)no1. The highest BCUT2D eigenvalue weighted by Crippen LogP contribution is 2.41. The van der Waals surface area contributed by atoms with Gasteiger partial charge in [0.1, 0.15) is 11.6 Å². The number of amides is 1. The van der Waals surface area contributed by atoms with E-state index in [0.717, 1.165) is 50.2 Å². The Morgan fingerprint density at radius 3 is 2.89 bits per heavy atom. The van der Waals surface area contributed by atoms with Crippen LogP contribution in [0.1, 0.15) is 48.9 Å². The summed E-state index contributed by atoms with van der Waals surface area (Å²) >= 11 is 0. The first-order valence-corrected chi connectivity index (χ1v) is 10.0. The van der Waals surface area contributed by atoms with Gasteiger partial charge in [-0.15, -0.1) is 0 Å². The minimum absolute atomic E-state index is 0.0108. The molecule has 2 saturated heterocycles. The fourth-order valence-electron chi connectivity index (χ4n) is 4.47. The standard InChI is InChI=1S/C20H27N5O3/c1-2-3-16-10-17(23-28-16)19(27)24-8-4-20(5-9-24)11-15(26)13-25(14-20)18-12-21-6-7-22-18/h6-7,10,12,15,26H,2-5,8-9,11,13-14H2,1H3. The van der Waals surface area contributed by atoms with E-state index in [2.05, 4.69) is 26.9 Å². The van der Waals surface area contributed by atoms with Crippen molar-refractivity contribution >= 4 is 11.7 Å². The summed E-state index contributed by atoms with van der Waals surface area (Å²) in [4.78, 5) is 25.3. The third-order valence-electron chi connectivity index (χ3n) is 5.89. The highest BCUT2D eigenvalue weighted by Gasteiger charge is 2.43. The summed E-state index contributed by atoms with van der Waals surface area (Å²) in [7, 11) is 0. The third kappa shape index (κ3) is 3.87. The number of hydrogen-bond donors (Lipinski definition) is 1. The highest BCUT2D eigenvalue weighted by atomic mass is 16.5. The molecule has 0 aromatic carbocycles. The predicted molar refractivity (Wildman–Crippen MR) is 103 cm³/mol. The quantitative estimate of drug-likeness (QED) is 0.859. The average Bonchev–Trinajstić information content (AvgIpc) is 3.17. The number of carbonyl (C=O) groups excluding carboxylic acids is 1. The summed E-state index contributed by atoms with van der Waals surface area (Å²) in [5, 5.41) is 14.4.